The van der Waals surface area contributed by atoms with Gasteiger partial charge < -0.3 is 25.8 Å². The van der Waals surface area contributed by atoms with Crippen molar-refractivity contribution in [1.82, 2.24) is 15.0 Å². The highest BCUT2D eigenvalue weighted by atomic mass is 32.1. The van der Waals surface area contributed by atoms with Gasteiger partial charge in [0, 0.05) is 13.2 Å². The number of anilines is 4. The van der Waals surface area contributed by atoms with Gasteiger partial charge >= 0.3 is 0 Å². The number of nitrogens with two attached hydrogens (primary N) is 1. The quantitative estimate of drug-likeness (QED) is 0.590. The van der Waals surface area contributed by atoms with Gasteiger partial charge in [-0.2, -0.15) is 0 Å². The molecule has 0 saturated carbocycles. The third-order valence-corrected chi connectivity index (χ3v) is 4.44. The lowest BCUT2D eigenvalue weighted by Crippen LogP contribution is -2.22. The summed E-state index contributed by atoms with van der Waals surface area (Å²) in [6.45, 7) is 2.53. The van der Waals surface area contributed by atoms with E-state index in [2.05, 4.69) is 25.6 Å². The summed E-state index contributed by atoms with van der Waals surface area (Å²) in [5, 5.41) is 7.07. The van der Waals surface area contributed by atoms with E-state index >= 15 is 0 Å². The van der Waals surface area contributed by atoms with Crippen molar-refractivity contribution >= 4 is 44.0 Å². The van der Waals surface area contributed by atoms with Crippen molar-refractivity contribution in [2.75, 3.05) is 37.2 Å². The van der Waals surface area contributed by atoms with Crippen LogP contribution >= 0.6 is 11.3 Å². The first-order valence-electron chi connectivity index (χ1n) is 7.68. The molecule has 25 heavy (non-hydrogen) atoms. The van der Waals surface area contributed by atoms with Crippen LogP contribution in [0, 0.1) is 0 Å². The fourth-order valence-corrected chi connectivity index (χ4v) is 3.22. The van der Waals surface area contributed by atoms with Gasteiger partial charge in [0.15, 0.2) is 16.8 Å². The normalized spacial score (nSPS) is 12.1. The van der Waals surface area contributed by atoms with E-state index in [4.69, 9.17) is 15.2 Å². The van der Waals surface area contributed by atoms with Crippen LogP contribution in [0.2, 0.25) is 0 Å². The first-order chi connectivity index (χ1) is 12.1. The topological polar surface area (TPSA) is 107 Å². The molecule has 3 aromatic rings. The molecule has 0 radical (unpaired) electrons. The van der Waals surface area contributed by atoms with Gasteiger partial charge in [-0.3, -0.25) is 0 Å². The van der Waals surface area contributed by atoms with E-state index in [0.717, 1.165) is 16.0 Å². The number of fused-ring (bicyclic) bond motifs is 1. The smallest absolute Gasteiger partial charge is 0.189 e. The minimum atomic E-state index is 0.0740. The van der Waals surface area contributed by atoms with E-state index < -0.39 is 0 Å². The molecule has 4 N–H and O–H groups in total. The van der Waals surface area contributed by atoms with Crippen LogP contribution in [0.1, 0.15) is 6.92 Å². The molecule has 2 aromatic heterocycles. The predicted molar refractivity (Wildman–Crippen MR) is 101 cm³/mol. The summed E-state index contributed by atoms with van der Waals surface area (Å²) in [6.07, 6.45) is 1.46. The van der Waals surface area contributed by atoms with E-state index in [9.17, 15) is 0 Å². The van der Waals surface area contributed by atoms with Crippen molar-refractivity contribution in [3.05, 3.63) is 24.5 Å². The second-order valence-corrected chi connectivity index (χ2v) is 6.49. The van der Waals surface area contributed by atoms with Crippen molar-refractivity contribution in [1.29, 1.82) is 0 Å². The van der Waals surface area contributed by atoms with Crippen molar-refractivity contribution in [3.63, 3.8) is 0 Å². The van der Waals surface area contributed by atoms with Crippen LogP contribution in [-0.2, 0) is 4.74 Å². The Balaban J connectivity index is 1.83. The van der Waals surface area contributed by atoms with E-state index in [1.807, 2.05) is 25.1 Å². The lowest BCUT2D eigenvalue weighted by Gasteiger charge is -2.16. The molecule has 1 atom stereocenters. The molecule has 0 saturated heterocycles. The highest BCUT2D eigenvalue weighted by molar-refractivity contribution is 7.22. The zero-order valence-corrected chi connectivity index (χ0v) is 15.1. The maximum absolute atomic E-state index is 6.18. The van der Waals surface area contributed by atoms with Crippen molar-refractivity contribution in [2.45, 2.75) is 13.0 Å². The predicted octanol–water partition coefficient (Wildman–Crippen LogP) is 2.87. The zero-order valence-electron chi connectivity index (χ0n) is 14.2. The molecule has 0 aliphatic heterocycles. The van der Waals surface area contributed by atoms with E-state index in [1.165, 1.54) is 17.7 Å². The van der Waals surface area contributed by atoms with Crippen LogP contribution in [0.5, 0.6) is 5.75 Å². The molecule has 1 aromatic carbocycles. The molecule has 0 spiro atoms. The van der Waals surface area contributed by atoms with Crippen LogP contribution < -0.4 is 21.1 Å². The average molecular weight is 360 g/mol. The summed E-state index contributed by atoms with van der Waals surface area (Å²) in [4.78, 5) is 12.9. The second-order valence-electron chi connectivity index (χ2n) is 5.46. The molecule has 2 heterocycles. The summed E-state index contributed by atoms with van der Waals surface area (Å²) >= 11 is 1.50. The molecule has 0 fully saturated rings. The Kier molecular flexibility index (Phi) is 5.15. The Morgan fingerprint density at radius 2 is 2.04 bits per heavy atom. The first-order valence-corrected chi connectivity index (χ1v) is 8.50. The van der Waals surface area contributed by atoms with Crippen LogP contribution in [0.4, 0.5) is 22.5 Å². The number of benzene rings is 1. The highest BCUT2D eigenvalue weighted by Gasteiger charge is 2.13. The average Bonchev–Trinajstić information content (AvgIpc) is 3.00. The molecule has 0 amide bonds. The Hall–Kier alpha value is -2.65. The van der Waals surface area contributed by atoms with Crippen molar-refractivity contribution < 1.29 is 9.47 Å². The maximum Gasteiger partial charge on any atom is 0.189 e. The zero-order chi connectivity index (χ0) is 17.8. The minimum absolute atomic E-state index is 0.0740. The largest absolute Gasteiger partial charge is 0.497 e. The van der Waals surface area contributed by atoms with Gasteiger partial charge in [0.2, 0.25) is 0 Å². The Labute approximate surface area is 149 Å². The fraction of sp³-hybridized carbons (Fsp3) is 0.312. The number of aromatic nitrogens is 3. The molecular formula is C16H20N6O2S. The molecule has 8 nitrogen and oxygen atoms in total. The maximum atomic E-state index is 6.18. The number of nitrogen functional groups attached to an aromatic ring is 1. The van der Waals surface area contributed by atoms with E-state index in [0.29, 0.717) is 29.1 Å². The van der Waals surface area contributed by atoms with Gasteiger partial charge in [-0.05, 0) is 25.1 Å². The Bertz CT molecular complexity index is 869. The monoisotopic (exact) mass is 360 g/mol. The number of hydrogen-bond acceptors (Lipinski definition) is 9. The van der Waals surface area contributed by atoms with Gasteiger partial charge in [0.1, 0.15) is 17.8 Å². The molecule has 1 unspecified atom stereocenters. The van der Waals surface area contributed by atoms with Gasteiger partial charge in [-0.15, -0.1) is 0 Å². The van der Waals surface area contributed by atoms with Crippen LogP contribution in [0.25, 0.3) is 10.2 Å². The molecule has 0 aliphatic rings. The Morgan fingerprint density at radius 3 is 2.80 bits per heavy atom. The summed E-state index contributed by atoms with van der Waals surface area (Å²) < 4.78 is 11.4. The van der Waals surface area contributed by atoms with Crippen LogP contribution in [0.15, 0.2) is 24.5 Å². The minimum Gasteiger partial charge on any atom is -0.497 e. The van der Waals surface area contributed by atoms with Crippen LogP contribution in [-0.4, -0.2) is 41.8 Å². The number of rotatable bonds is 7. The number of thiazole rings is 1. The molecule has 0 aliphatic carbocycles. The lowest BCUT2D eigenvalue weighted by atomic mass is 10.3. The number of methoxy groups -OCH3 is 2. The number of nitrogens with one attached hydrogen (secondary N) is 2. The number of nitrogens with zero attached hydrogens (tertiary/aromatic N) is 3. The third-order valence-electron chi connectivity index (χ3n) is 3.50. The Morgan fingerprint density at radius 1 is 1.24 bits per heavy atom. The number of ether oxygens (including phenoxy) is 2. The van der Waals surface area contributed by atoms with Gasteiger partial charge in [0.25, 0.3) is 0 Å². The van der Waals surface area contributed by atoms with Crippen molar-refractivity contribution in [3.8, 4) is 5.75 Å². The molecule has 9 heteroatoms. The van der Waals surface area contributed by atoms with Gasteiger partial charge in [0.05, 0.1) is 23.9 Å². The summed E-state index contributed by atoms with van der Waals surface area (Å²) in [7, 11) is 3.29. The summed E-state index contributed by atoms with van der Waals surface area (Å²) in [5.74, 6) is 1.86. The van der Waals surface area contributed by atoms with E-state index in [-0.39, 0.29) is 6.04 Å². The number of hydrogen-bond donors (Lipinski definition) is 3. The molecular weight excluding hydrogens is 340 g/mol. The van der Waals surface area contributed by atoms with Gasteiger partial charge in [-0.25, -0.2) is 15.0 Å². The molecule has 3 rings (SSSR count). The summed E-state index contributed by atoms with van der Waals surface area (Å²) in [5.41, 5.74) is 7.50. The fourth-order valence-electron chi connectivity index (χ4n) is 2.32. The standard InChI is InChI=1S/C16H20N6O2S/c1-9(7-23-2)20-14-13(17)15(19-8-18-14)22-16-21-11-5-4-10(24-3)6-12(11)25-16/h4-6,8-9H,7,17H2,1-3H3,(H2,18,19,20,21,22). The second kappa shape index (κ2) is 7.49. The van der Waals surface area contributed by atoms with Crippen LogP contribution in [0.3, 0.4) is 0 Å². The highest BCUT2D eigenvalue weighted by Crippen LogP contribution is 2.32. The first kappa shape index (κ1) is 17.2. The summed E-state index contributed by atoms with van der Waals surface area (Å²) in [6, 6.07) is 5.81. The van der Waals surface area contributed by atoms with E-state index in [1.54, 1.807) is 14.2 Å². The third kappa shape index (κ3) is 3.89. The van der Waals surface area contributed by atoms with Gasteiger partial charge in [-0.1, -0.05) is 11.3 Å². The molecule has 0 bridgehead atoms. The SMILES string of the molecule is COCC(C)Nc1ncnc(Nc2nc3ccc(OC)cc3s2)c1N. The molecule has 132 valence electrons. The lowest BCUT2D eigenvalue weighted by molar-refractivity contribution is 0.190. The van der Waals surface area contributed by atoms with Crippen molar-refractivity contribution in [2.24, 2.45) is 0 Å².